The fraction of sp³-hybridized carbons (Fsp3) is 0.500. The summed E-state index contributed by atoms with van der Waals surface area (Å²) in [6, 6.07) is 3.70. The number of anilines is 2. The molecular formula is C22H30N4O5. The van der Waals surface area contributed by atoms with Crippen molar-refractivity contribution in [3.05, 3.63) is 40.8 Å². The number of aromatic nitrogens is 2. The number of hydrogen-bond acceptors (Lipinski definition) is 7. The van der Waals surface area contributed by atoms with Crippen molar-refractivity contribution in [3.63, 3.8) is 0 Å². The van der Waals surface area contributed by atoms with Gasteiger partial charge in [0.25, 0.3) is 5.91 Å². The van der Waals surface area contributed by atoms with Crippen molar-refractivity contribution in [2.45, 2.75) is 39.9 Å². The molecule has 2 aromatic heterocycles. The first-order chi connectivity index (χ1) is 14.8. The lowest BCUT2D eigenvalue weighted by molar-refractivity contribution is -0.00546. The minimum atomic E-state index is -0.484. The number of aromatic amines is 1. The molecule has 0 saturated carbocycles. The molecule has 0 aliphatic carbocycles. The number of carbonyl (C=O) groups excluding carboxylic acids is 2. The number of ether oxygens (including phenoxy) is 3. The summed E-state index contributed by atoms with van der Waals surface area (Å²) < 4.78 is 15.8. The molecule has 1 fully saturated rings. The van der Waals surface area contributed by atoms with Crippen LogP contribution in [0.1, 0.15) is 46.0 Å². The minimum Gasteiger partial charge on any atom is -0.460 e. The zero-order chi connectivity index (χ0) is 22.5. The van der Waals surface area contributed by atoms with Gasteiger partial charge in [-0.25, -0.2) is 9.78 Å². The van der Waals surface area contributed by atoms with Crippen LogP contribution in [0.3, 0.4) is 0 Å². The van der Waals surface area contributed by atoms with Gasteiger partial charge in [-0.1, -0.05) is 0 Å². The number of pyridine rings is 1. The lowest BCUT2D eigenvalue weighted by Crippen LogP contribution is -2.45. The first kappa shape index (κ1) is 22.8. The second-order valence-electron chi connectivity index (χ2n) is 7.78. The predicted octanol–water partition coefficient (Wildman–Crippen LogP) is 2.70. The van der Waals surface area contributed by atoms with Crippen LogP contribution in [0.5, 0.6) is 0 Å². The van der Waals surface area contributed by atoms with Crippen molar-refractivity contribution >= 4 is 23.4 Å². The van der Waals surface area contributed by atoms with Gasteiger partial charge in [0.2, 0.25) is 0 Å². The third kappa shape index (κ3) is 5.42. The molecule has 2 atom stereocenters. The maximum Gasteiger partial charge on any atom is 0.340 e. The summed E-state index contributed by atoms with van der Waals surface area (Å²) in [5.41, 5.74) is 2.37. The smallest absolute Gasteiger partial charge is 0.340 e. The summed E-state index contributed by atoms with van der Waals surface area (Å²) in [5.74, 6) is 0.00929. The highest BCUT2D eigenvalue weighted by atomic mass is 16.6. The normalized spacial score (nSPS) is 18.7. The van der Waals surface area contributed by atoms with Gasteiger partial charge in [-0.3, -0.25) is 4.79 Å². The topological polar surface area (TPSA) is 106 Å². The Morgan fingerprint density at radius 3 is 2.55 bits per heavy atom. The van der Waals surface area contributed by atoms with Gasteiger partial charge >= 0.3 is 5.97 Å². The zero-order valence-corrected chi connectivity index (χ0v) is 18.7. The number of carbonyl (C=O) groups is 2. The van der Waals surface area contributed by atoms with Crippen molar-refractivity contribution in [1.82, 2.24) is 9.97 Å². The standard InChI is InChI=1S/C22H30N4O5/c1-13-11-26(12-14(2)31-13)18-7-6-17(10-23-18)25-21(27)20-15(3)19(16(4)24-20)22(28)30-9-8-29-5/h6-7,10,13-14,24H,8-9,11-12H2,1-5H3,(H,25,27). The fourth-order valence-electron chi connectivity index (χ4n) is 3.78. The maximum atomic E-state index is 12.8. The summed E-state index contributed by atoms with van der Waals surface area (Å²) in [4.78, 5) is 34.8. The van der Waals surface area contributed by atoms with E-state index in [0.717, 1.165) is 18.9 Å². The quantitative estimate of drug-likeness (QED) is 0.514. The summed E-state index contributed by atoms with van der Waals surface area (Å²) in [6.07, 6.45) is 1.90. The van der Waals surface area contributed by atoms with Gasteiger partial charge in [0, 0.05) is 25.9 Å². The number of amides is 1. The minimum absolute atomic E-state index is 0.138. The van der Waals surface area contributed by atoms with Crippen LogP contribution in [0, 0.1) is 13.8 Å². The highest BCUT2D eigenvalue weighted by molar-refractivity contribution is 6.06. The molecule has 9 nitrogen and oxygen atoms in total. The Labute approximate surface area is 182 Å². The molecule has 1 saturated heterocycles. The number of H-pyrrole nitrogens is 1. The molecule has 0 aromatic carbocycles. The van der Waals surface area contributed by atoms with Crippen molar-refractivity contribution in [2.75, 3.05) is 43.6 Å². The van der Waals surface area contributed by atoms with Crippen LogP contribution in [-0.4, -0.2) is 67.5 Å². The van der Waals surface area contributed by atoms with E-state index >= 15 is 0 Å². The Bertz CT molecular complexity index is 915. The molecule has 3 heterocycles. The van der Waals surface area contributed by atoms with Crippen LogP contribution in [0.2, 0.25) is 0 Å². The predicted molar refractivity (Wildman–Crippen MR) is 117 cm³/mol. The maximum absolute atomic E-state index is 12.8. The molecule has 3 rings (SSSR count). The molecule has 2 aromatic rings. The lowest BCUT2D eigenvalue weighted by atomic mass is 10.1. The van der Waals surface area contributed by atoms with E-state index in [1.54, 1.807) is 20.0 Å². The van der Waals surface area contributed by atoms with Crippen molar-refractivity contribution in [1.29, 1.82) is 0 Å². The number of nitrogens with zero attached hydrogens (tertiary/aromatic N) is 2. The SMILES string of the molecule is COCCOC(=O)c1c(C)[nH]c(C(=O)Nc2ccc(N3CC(C)OC(C)C3)nc2)c1C. The lowest BCUT2D eigenvalue weighted by Gasteiger charge is -2.36. The second-order valence-corrected chi connectivity index (χ2v) is 7.78. The monoisotopic (exact) mass is 430 g/mol. The molecule has 2 N–H and O–H groups in total. The number of esters is 1. The molecule has 1 aliphatic heterocycles. The van der Waals surface area contributed by atoms with Crippen LogP contribution >= 0.6 is 0 Å². The third-order valence-electron chi connectivity index (χ3n) is 5.14. The van der Waals surface area contributed by atoms with E-state index in [1.165, 1.54) is 7.11 Å². The van der Waals surface area contributed by atoms with E-state index in [-0.39, 0.29) is 24.7 Å². The van der Waals surface area contributed by atoms with Gasteiger partial charge in [0.1, 0.15) is 18.1 Å². The van der Waals surface area contributed by atoms with E-state index in [2.05, 4.69) is 20.2 Å². The number of morpholine rings is 1. The highest BCUT2D eigenvalue weighted by Crippen LogP contribution is 2.22. The second kappa shape index (κ2) is 9.93. The third-order valence-corrected chi connectivity index (χ3v) is 5.14. The molecular weight excluding hydrogens is 400 g/mol. The highest BCUT2D eigenvalue weighted by Gasteiger charge is 2.24. The molecule has 1 amide bonds. The van der Waals surface area contributed by atoms with Crippen molar-refractivity contribution in [2.24, 2.45) is 0 Å². The van der Waals surface area contributed by atoms with Gasteiger partial charge in [-0.15, -0.1) is 0 Å². The van der Waals surface area contributed by atoms with E-state index < -0.39 is 5.97 Å². The molecule has 0 bridgehead atoms. The molecule has 2 unspecified atom stereocenters. The molecule has 31 heavy (non-hydrogen) atoms. The first-order valence-electron chi connectivity index (χ1n) is 10.3. The molecule has 1 aliphatic rings. The van der Waals surface area contributed by atoms with E-state index in [1.807, 2.05) is 26.0 Å². The van der Waals surface area contributed by atoms with E-state index in [4.69, 9.17) is 14.2 Å². The molecule has 0 radical (unpaired) electrons. The van der Waals surface area contributed by atoms with Crippen LogP contribution in [0.25, 0.3) is 0 Å². The van der Waals surface area contributed by atoms with Gasteiger partial charge in [0.15, 0.2) is 0 Å². The summed E-state index contributed by atoms with van der Waals surface area (Å²) in [5, 5.41) is 2.83. The Balaban J connectivity index is 1.68. The molecule has 0 spiro atoms. The number of nitrogens with one attached hydrogen (secondary N) is 2. The Kier molecular flexibility index (Phi) is 7.29. The Hall–Kier alpha value is -2.91. The number of rotatable bonds is 7. The van der Waals surface area contributed by atoms with Gasteiger partial charge in [0.05, 0.1) is 36.3 Å². The van der Waals surface area contributed by atoms with Crippen LogP contribution in [-0.2, 0) is 14.2 Å². The van der Waals surface area contributed by atoms with Crippen LogP contribution in [0.4, 0.5) is 11.5 Å². The number of methoxy groups -OCH3 is 1. The number of hydrogen-bond donors (Lipinski definition) is 2. The van der Waals surface area contributed by atoms with E-state index in [9.17, 15) is 9.59 Å². The average Bonchev–Trinajstić information content (AvgIpc) is 3.02. The van der Waals surface area contributed by atoms with Crippen molar-refractivity contribution < 1.29 is 23.8 Å². The van der Waals surface area contributed by atoms with Crippen molar-refractivity contribution in [3.8, 4) is 0 Å². The van der Waals surface area contributed by atoms with Gasteiger partial charge < -0.3 is 29.4 Å². The van der Waals surface area contributed by atoms with Gasteiger partial charge in [-0.05, 0) is 45.4 Å². The van der Waals surface area contributed by atoms with Crippen LogP contribution in [0.15, 0.2) is 18.3 Å². The summed E-state index contributed by atoms with van der Waals surface area (Å²) in [6.45, 7) is 9.54. The fourth-order valence-corrected chi connectivity index (χ4v) is 3.78. The zero-order valence-electron chi connectivity index (χ0n) is 18.7. The largest absolute Gasteiger partial charge is 0.460 e. The Morgan fingerprint density at radius 1 is 1.23 bits per heavy atom. The summed E-state index contributed by atoms with van der Waals surface area (Å²) in [7, 11) is 1.53. The van der Waals surface area contributed by atoms with E-state index in [0.29, 0.717) is 34.8 Å². The summed E-state index contributed by atoms with van der Waals surface area (Å²) >= 11 is 0. The number of aryl methyl sites for hydroxylation is 1. The van der Waals surface area contributed by atoms with Gasteiger partial charge in [-0.2, -0.15) is 0 Å². The Morgan fingerprint density at radius 2 is 1.94 bits per heavy atom. The molecule has 168 valence electrons. The molecule has 9 heteroatoms. The average molecular weight is 431 g/mol. The van der Waals surface area contributed by atoms with Crippen LogP contribution < -0.4 is 10.2 Å². The first-order valence-corrected chi connectivity index (χ1v) is 10.3.